The molecule has 2 aliphatic heterocycles. The van der Waals surface area contributed by atoms with Crippen LogP contribution in [0.5, 0.6) is 5.75 Å². The van der Waals surface area contributed by atoms with Gasteiger partial charge in [0.15, 0.2) is 0 Å². The maximum absolute atomic E-state index is 12.5. The highest BCUT2D eigenvalue weighted by Gasteiger charge is 2.39. The molecular weight excluding hydrogens is 298 g/mol. The van der Waals surface area contributed by atoms with E-state index in [2.05, 4.69) is 9.64 Å². The van der Waals surface area contributed by atoms with E-state index < -0.39 is 6.61 Å². The van der Waals surface area contributed by atoms with Gasteiger partial charge in [-0.05, 0) is 43.9 Å². The first-order valence-corrected chi connectivity index (χ1v) is 7.65. The van der Waals surface area contributed by atoms with Gasteiger partial charge < -0.3 is 10.5 Å². The Morgan fingerprint density at radius 2 is 1.95 bits per heavy atom. The molecule has 2 saturated heterocycles. The summed E-state index contributed by atoms with van der Waals surface area (Å²) in [6.45, 7) is -2.23. The number of nitrogens with zero attached hydrogens (tertiary/aromatic N) is 1. The first-order chi connectivity index (χ1) is 10.0. The molecule has 3 rings (SSSR count). The third kappa shape index (κ3) is 3.30. The van der Waals surface area contributed by atoms with E-state index in [1.807, 2.05) is 0 Å². The predicted octanol–water partition coefficient (Wildman–Crippen LogP) is 3.40. The fraction of sp³-hybridized carbons (Fsp3) is 0.600. The Labute approximate surface area is 128 Å². The van der Waals surface area contributed by atoms with Crippen LogP contribution in [-0.2, 0) is 6.54 Å². The standard InChI is InChI=1S/C15H19ClF2N2O/c16-10-1-4-14(21-15(17)18)9(5-10)8-20-12-2-3-13(20)7-11(19)6-12/h1,4-5,11-13,15H,2-3,6-8,19H2. The lowest BCUT2D eigenvalue weighted by molar-refractivity contribution is -0.0510. The molecule has 2 fully saturated rings. The lowest BCUT2D eigenvalue weighted by atomic mass is 9.97. The number of benzene rings is 1. The van der Waals surface area contributed by atoms with Crippen molar-refractivity contribution in [1.82, 2.24) is 4.90 Å². The van der Waals surface area contributed by atoms with Gasteiger partial charge in [-0.1, -0.05) is 11.6 Å². The lowest BCUT2D eigenvalue weighted by Crippen LogP contribution is -2.46. The van der Waals surface area contributed by atoms with Gasteiger partial charge in [0.05, 0.1) is 0 Å². The van der Waals surface area contributed by atoms with Crippen molar-refractivity contribution < 1.29 is 13.5 Å². The largest absolute Gasteiger partial charge is 0.434 e. The molecule has 6 heteroatoms. The van der Waals surface area contributed by atoms with Crippen molar-refractivity contribution in [2.75, 3.05) is 0 Å². The van der Waals surface area contributed by atoms with Crippen molar-refractivity contribution in [3.63, 3.8) is 0 Å². The molecule has 2 heterocycles. The van der Waals surface area contributed by atoms with Gasteiger partial charge in [-0.3, -0.25) is 4.90 Å². The van der Waals surface area contributed by atoms with Crippen LogP contribution in [0.1, 0.15) is 31.2 Å². The molecule has 2 unspecified atom stereocenters. The van der Waals surface area contributed by atoms with Crippen LogP contribution in [0.3, 0.4) is 0 Å². The average molecular weight is 317 g/mol. The lowest BCUT2D eigenvalue weighted by Gasteiger charge is -2.38. The van der Waals surface area contributed by atoms with Crippen LogP contribution in [0.15, 0.2) is 18.2 Å². The maximum atomic E-state index is 12.5. The summed E-state index contributed by atoms with van der Waals surface area (Å²) in [6.07, 6.45) is 4.21. The van der Waals surface area contributed by atoms with E-state index in [1.54, 1.807) is 12.1 Å². The average Bonchev–Trinajstić information content (AvgIpc) is 2.65. The van der Waals surface area contributed by atoms with Crippen molar-refractivity contribution in [2.45, 2.75) is 57.0 Å². The Bertz CT molecular complexity index is 500. The van der Waals surface area contributed by atoms with Gasteiger partial charge in [0.25, 0.3) is 0 Å². The summed E-state index contributed by atoms with van der Waals surface area (Å²) in [7, 11) is 0. The number of rotatable bonds is 4. The molecule has 2 atom stereocenters. The molecular formula is C15H19ClF2N2O. The first-order valence-electron chi connectivity index (χ1n) is 7.27. The fourth-order valence-electron chi connectivity index (χ4n) is 3.65. The Morgan fingerprint density at radius 1 is 1.29 bits per heavy atom. The van der Waals surface area contributed by atoms with Crippen LogP contribution in [0.2, 0.25) is 5.02 Å². The number of piperidine rings is 1. The molecule has 0 aliphatic carbocycles. The van der Waals surface area contributed by atoms with Gasteiger partial charge >= 0.3 is 6.61 Å². The van der Waals surface area contributed by atoms with Gasteiger partial charge in [-0.2, -0.15) is 8.78 Å². The van der Waals surface area contributed by atoms with E-state index in [4.69, 9.17) is 17.3 Å². The normalized spacial score (nSPS) is 29.1. The summed E-state index contributed by atoms with van der Waals surface area (Å²) < 4.78 is 29.6. The number of alkyl halides is 2. The topological polar surface area (TPSA) is 38.5 Å². The third-order valence-corrected chi connectivity index (χ3v) is 4.75. The summed E-state index contributed by atoms with van der Waals surface area (Å²) in [4.78, 5) is 2.37. The summed E-state index contributed by atoms with van der Waals surface area (Å²) in [5.74, 6) is 0.212. The van der Waals surface area contributed by atoms with Gasteiger partial charge in [0.1, 0.15) is 5.75 Å². The molecule has 0 saturated carbocycles. The molecule has 0 spiro atoms. The van der Waals surface area contributed by atoms with Gasteiger partial charge in [-0.15, -0.1) is 0 Å². The summed E-state index contributed by atoms with van der Waals surface area (Å²) in [5, 5.41) is 0.535. The number of nitrogens with two attached hydrogens (primary N) is 1. The van der Waals surface area contributed by atoms with Crippen molar-refractivity contribution in [3.8, 4) is 5.75 Å². The van der Waals surface area contributed by atoms with E-state index >= 15 is 0 Å². The maximum Gasteiger partial charge on any atom is 0.387 e. The minimum Gasteiger partial charge on any atom is -0.434 e. The Hall–Kier alpha value is -0.910. The molecule has 0 aromatic heterocycles. The monoisotopic (exact) mass is 316 g/mol. The third-order valence-electron chi connectivity index (χ3n) is 4.51. The van der Waals surface area contributed by atoms with E-state index in [-0.39, 0.29) is 11.8 Å². The fourth-order valence-corrected chi connectivity index (χ4v) is 3.85. The highest BCUT2D eigenvalue weighted by atomic mass is 35.5. The van der Waals surface area contributed by atoms with E-state index in [0.29, 0.717) is 23.7 Å². The highest BCUT2D eigenvalue weighted by molar-refractivity contribution is 6.30. The highest BCUT2D eigenvalue weighted by Crippen LogP contribution is 2.37. The Morgan fingerprint density at radius 3 is 2.57 bits per heavy atom. The van der Waals surface area contributed by atoms with Crippen LogP contribution < -0.4 is 10.5 Å². The molecule has 2 aliphatic rings. The molecule has 3 nitrogen and oxygen atoms in total. The number of hydrogen-bond donors (Lipinski definition) is 1. The summed E-state index contributed by atoms with van der Waals surface area (Å²) >= 11 is 6.00. The zero-order valence-corrected chi connectivity index (χ0v) is 12.4. The van der Waals surface area contributed by atoms with E-state index in [9.17, 15) is 8.78 Å². The quantitative estimate of drug-likeness (QED) is 0.925. The molecule has 2 bridgehead atoms. The molecule has 116 valence electrons. The number of halogens is 3. The van der Waals surface area contributed by atoms with Crippen LogP contribution >= 0.6 is 11.6 Å². The van der Waals surface area contributed by atoms with Crippen molar-refractivity contribution >= 4 is 11.6 Å². The van der Waals surface area contributed by atoms with Crippen LogP contribution in [0, 0.1) is 0 Å². The Balaban J connectivity index is 1.80. The molecule has 0 radical (unpaired) electrons. The molecule has 0 amide bonds. The van der Waals surface area contributed by atoms with Gasteiger partial charge in [-0.25, -0.2) is 0 Å². The first kappa shape index (κ1) is 15.0. The second-order valence-electron chi connectivity index (χ2n) is 5.92. The van der Waals surface area contributed by atoms with E-state index in [1.165, 1.54) is 6.07 Å². The number of hydrogen-bond acceptors (Lipinski definition) is 3. The van der Waals surface area contributed by atoms with Gasteiger partial charge in [0, 0.05) is 35.3 Å². The van der Waals surface area contributed by atoms with Gasteiger partial charge in [0.2, 0.25) is 0 Å². The van der Waals surface area contributed by atoms with Crippen LogP contribution in [0.4, 0.5) is 8.78 Å². The molecule has 1 aromatic carbocycles. The zero-order chi connectivity index (χ0) is 15.0. The molecule has 21 heavy (non-hydrogen) atoms. The van der Waals surface area contributed by atoms with Crippen LogP contribution in [0.25, 0.3) is 0 Å². The number of fused-ring (bicyclic) bond motifs is 2. The second kappa shape index (κ2) is 6.07. The minimum absolute atomic E-state index is 0.212. The van der Waals surface area contributed by atoms with Crippen molar-refractivity contribution in [1.29, 1.82) is 0 Å². The SMILES string of the molecule is NC1CC2CCC(C1)N2Cc1cc(Cl)ccc1OC(F)F. The van der Waals surface area contributed by atoms with Crippen molar-refractivity contribution in [3.05, 3.63) is 28.8 Å². The van der Waals surface area contributed by atoms with Crippen LogP contribution in [-0.4, -0.2) is 29.6 Å². The zero-order valence-electron chi connectivity index (χ0n) is 11.6. The number of ether oxygens (including phenoxy) is 1. The molecule has 1 aromatic rings. The smallest absolute Gasteiger partial charge is 0.387 e. The predicted molar refractivity (Wildman–Crippen MR) is 77.6 cm³/mol. The second-order valence-corrected chi connectivity index (χ2v) is 6.36. The van der Waals surface area contributed by atoms with Crippen molar-refractivity contribution in [2.24, 2.45) is 5.73 Å². The Kier molecular flexibility index (Phi) is 4.33. The summed E-state index contributed by atoms with van der Waals surface area (Å²) in [6, 6.07) is 5.95. The summed E-state index contributed by atoms with van der Waals surface area (Å²) in [5.41, 5.74) is 6.78. The van der Waals surface area contributed by atoms with E-state index in [0.717, 1.165) is 31.2 Å². The minimum atomic E-state index is -2.82. The molecule has 2 N–H and O–H groups in total.